The fraction of sp³-hybridized carbons (Fsp3) is 0.417. The van der Waals surface area contributed by atoms with Crippen molar-refractivity contribution >= 4 is 5.97 Å². The van der Waals surface area contributed by atoms with Crippen molar-refractivity contribution < 1.29 is 19.8 Å². The highest BCUT2D eigenvalue weighted by atomic mass is 16.8. The summed E-state index contributed by atoms with van der Waals surface area (Å²) in [6.07, 6.45) is 0.200. The van der Waals surface area contributed by atoms with Crippen LogP contribution in [0.25, 0.3) is 0 Å². The van der Waals surface area contributed by atoms with Gasteiger partial charge < -0.3 is 10.2 Å². The second kappa shape index (κ2) is 5.27. The van der Waals surface area contributed by atoms with Crippen molar-refractivity contribution in [3.63, 3.8) is 0 Å². The number of benzene rings is 1. The first kappa shape index (κ1) is 12.0. The van der Waals surface area contributed by atoms with E-state index in [2.05, 4.69) is 0 Å². The topological polar surface area (TPSA) is 70.0 Å². The number of carboxylic acid groups (broad SMARTS) is 1. The van der Waals surface area contributed by atoms with Gasteiger partial charge in [-0.15, -0.1) is 0 Å². The Morgan fingerprint density at radius 2 is 2.12 bits per heavy atom. The van der Waals surface area contributed by atoms with E-state index in [1.165, 1.54) is 5.06 Å². The summed E-state index contributed by atoms with van der Waals surface area (Å²) in [6.45, 7) is 0.529. The van der Waals surface area contributed by atoms with Gasteiger partial charge in [0.25, 0.3) is 0 Å². The summed E-state index contributed by atoms with van der Waals surface area (Å²) in [6, 6.07) is 8.23. The van der Waals surface area contributed by atoms with Crippen LogP contribution >= 0.6 is 0 Å². The monoisotopic (exact) mass is 237 g/mol. The molecule has 17 heavy (non-hydrogen) atoms. The molecular weight excluding hydrogens is 222 g/mol. The van der Waals surface area contributed by atoms with Crippen LogP contribution in [0.5, 0.6) is 0 Å². The molecule has 92 valence electrons. The predicted molar refractivity (Wildman–Crippen MR) is 59.9 cm³/mol. The van der Waals surface area contributed by atoms with Crippen LogP contribution in [0.3, 0.4) is 0 Å². The van der Waals surface area contributed by atoms with Crippen LogP contribution in [0.4, 0.5) is 0 Å². The summed E-state index contributed by atoms with van der Waals surface area (Å²) in [5.41, 5.74) is 0.614. The summed E-state index contributed by atoms with van der Waals surface area (Å²) in [7, 11) is 0. The molecule has 1 aliphatic heterocycles. The molecule has 5 nitrogen and oxygen atoms in total. The lowest BCUT2D eigenvalue weighted by atomic mass is 10.2. The van der Waals surface area contributed by atoms with Gasteiger partial charge in [0, 0.05) is 12.1 Å². The van der Waals surface area contributed by atoms with Crippen LogP contribution < -0.4 is 0 Å². The number of nitrogens with zero attached hydrogens (tertiary/aromatic N) is 1. The molecule has 2 unspecified atom stereocenters. The van der Waals surface area contributed by atoms with Crippen LogP contribution in [0, 0.1) is 0 Å². The first-order valence-corrected chi connectivity index (χ1v) is 5.57. The molecule has 0 radical (unpaired) electrons. The second-order valence-electron chi connectivity index (χ2n) is 4.01. The van der Waals surface area contributed by atoms with Gasteiger partial charge in [-0.25, -0.2) is 0 Å². The molecule has 1 aromatic carbocycles. The van der Waals surface area contributed by atoms with Gasteiger partial charge in [-0.05, 0) is 12.8 Å². The van der Waals surface area contributed by atoms with Gasteiger partial charge >= 0.3 is 5.97 Å². The summed E-state index contributed by atoms with van der Waals surface area (Å²) in [4.78, 5) is 16.2. The van der Waals surface area contributed by atoms with Gasteiger partial charge in [-0.2, -0.15) is 5.06 Å². The van der Waals surface area contributed by atoms with E-state index in [4.69, 9.17) is 9.94 Å². The number of hydrogen-bond donors (Lipinski definition) is 2. The molecule has 1 saturated heterocycles. The quantitative estimate of drug-likeness (QED) is 0.769. The molecule has 2 rings (SSSR count). The summed E-state index contributed by atoms with van der Waals surface area (Å²) in [5.74, 6) is -0.914. The minimum absolute atomic E-state index is 0.529. The van der Waals surface area contributed by atoms with Gasteiger partial charge in [0.2, 0.25) is 6.29 Å². The third-order valence-corrected chi connectivity index (χ3v) is 2.81. The van der Waals surface area contributed by atoms with Gasteiger partial charge in [-0.1, -0.05) is 30.3 Å². The molecule has 0 saturated carbocycles. The fourth-order valence-corrected chi connectivity index (χ4v) is 1.92. The van der Waals surface area contributed by atoms with E-state index < -0.39 is 18.3 Å². The molecule has 1 aromatic rings. The van der Waals surface area contributed by atoms with Gasteiger partial charge in [-0.3, -0.25) is 9.63 Å². The van der Waals surface area contributed by atoms with Crippen LogP contribution in [0.15, 0.2) is 30.3 Å². The lowest BCUT2D eigenvalue weighted by molar-refractivity contribution is -0.274. The third-order valence-electron chi connectivity index (χ3n) is 2.81. The van der Waals surface area contributed by atoms with E-state index >= 15 is 0 Å². The molecule has 1 aliphatic rings. The molecule has 0 aromatic heterocycles. The molecule has 5 heteroatoms. The van der Waals surface area contributed by atoms with Crippen molar-refractivity contribution in [1.29, 1.82) is 0 Å². The molecule has 1 heterocycles. The predicted octanol–water partition coefficient (Wildman–Crippen LogP) is 1.16. The number of rotatable bonds is 4. The highest BCUT2D eigenvalue weighted by Gasteiger charge is 2.33. The highest BCUT2D eigenvalue weighted by molar-refractivity contribution is 5.73. The Kier molecular flexibility index (Phi) is 3.73. The Morgan fingerprint density at radius 3 is 2.76 bits per heavy atom. The number of carboxylic acids is 1. The normalized spacial score (nSPS) is 22.5. The average Bonchev–Trinajstić information content (AvgIpc) is 2.78. The van der Waals surface area contributed by atoms with Crippen LogP contribution in [-0.2, 0) is 9.63 Å². The molecule has 0 amide bonds. The smallest absolute Gasteiger partial charge is 0.323 e. The number of aliphatic hydroxyl groups is 1. The van der Waals surface area contributed by atoms with E-state index in [-0.39, 0.29) is 0 Å². The molecule has 0 spiro atoms. The fourth-order valence-electron chi connectivity index (χ4n) is 1.92. The van der Waals surface area contributed by atoms with Crippen molar-refractivity contribution in [2.45, 2.75) is 25.2 Å². The van der Waals surface area contributed by atoms with E-state index in [1.807, 2.05) is 6.07 Å². The maximum Gasteiger partial charge on any atom is 0.323 e. The molecule has 1 fully saturated rings. The zero-order chi connectivity index (χ0) is 12.3. The lowest BCUT2D eigenvalue weighted by Gasteiger charge is -2.23. The standard InChI is InChI=1S/C12H15NO4/c14-11(15)10-7-4-8-13(10)17-12(16)9-5-2-1-3-6-9/h1-3,5-6,10,12,16H,4,7-8H2,(H,14,15). The van der Waals surface area contributed by atoms with Crippen molar-refractivity contribution in [3.8, 4) is 0 Å². The van der Waals surface area contributed by atoms with Crippen molar-refractivity contribution in [2.75, 3.05) is 6.54 Å². The maximum absolute atomic E-state index is 10.9. The minimum Gasteiger partial charge on any atom is -0.480 e. The van der Waals surface area contributed by atoms with Crippen LogP contribution in [0.1, 0.15) is 24.7 Å². The van der Waals surface area contributed by atoms with Crippen LogP contribution in [-0.4, -0.2) is 33.8 Å². The van der Waals surface area contributed by atoms with Gasteiger partial charge in [0.05, 0.1) is 0 Å². The highest BCUT2D eigenvalue weighted by Crippen LogP contribution is 2.23. The van der Waals surface area contributed by atoms with E-state index in [0.29, 0.717) is 18.5 Å². The van der Waals surface area contributed by atoms with Crippen molar-refractivity contribution in [3.05, 3.63) is 35.9 Å². The third kappa shape index (κ3) is 2.82. The van der Waals surface area contributed by atoms with Crippen molar-refractivity contribution in [1.82, 2.24) is 5.06 Å². The maximum atomic E-state index is 10.9. The summed E-state index contributed by atoms with van der Waals surface area (Å²) in [5, 5.41) is 20.1. The van der Waals surface area contributed by atoms with E-state index in [0.717, 1.165) is 6.42 Å². The zero-order valence-electron chi connectivity index (χ0n) is 9.32. The Labute approximate surface area is 99.2 Å². The first-order chi connectivity index (χ1) is 8.18. The van der Waals surface area contributed by atoms with Crippen LogP contribution in [0.2, 0.25) is 0 Å². The lowest BCUT2D eigenvalue weighted by Crippen LogP contribution is -2.36. The SMILES string of the molecule is O=C(O)C1CCCN1OC(O)c1ccccc1. The average molecular weight is 237 g/mol. The first-order valence-electron chi connectivity index (χ1n) is 5.57. The van der Waals surface area contributed by atoms with E-state index in [1.54, 1.807) is 24.3 Å². The molecule has 0 aliphatic carbocycles. The second-order valence-corrected chi connectivity index (χ2v) is 4.01. The largest absolute Gasteiger partial charge is 0.480 e. The Bertz CT molecular complexity index is 381. The number of hydrogen-bond acceptors (Lipinski definition) is 4. The van der Waals surface area contributed by atoms with Gasteiger partial charge in [0.15, 0.2) is 0 Å². The Hall–Kier alpha value is -1.43. The molecule has 2 atom stereocenters. The van der Waals surface area contributed by atoms with E-state index in [9.17, 15) is 9.90 Å². The summed E-state index contributed by atoms with van der Waals surface area (Å²) < 4.78 is 0. The Balaban J connectivity index is 1.99. The van der Waals surface area contributed by atoms with Gasteiger partial charge in [0.1, 0.15) is 6.04 Å². The molecule has 0 bridgehead atoms. The Morgan fingerprint density at radius 1 is 1.41 bits per heavy atom. The molecular formula is C12H15NO4. The zero-order valence-corrected chi connectivity index (χ0v) is 9.32. The minimum atomic E-state index is -1.11. The number of aliphatic hydroxyl groups excluding tert-OH is 1. The molecule has 2 N–H and O–H groups in total. The van der Waals surface area contributed by atoms with Crippen molar-refractivity contribution in [2.24, 2.45) is 0 Å². The number of hydroxylamine groups is 2. The number of carbonyl (C=O) groups is 1. The summed E-state index contributed by atoms with van der Waals surface area (Å²) >= 11 is 0. The number of aliphatic carboxylic acids is 1.